The summed E-state index contributed by atoms with van der Waals surface area (Å²) < 4.78 is 12.1. The topological polar surface area (TPSA) is 6.48 Å². The van der Waals surface area contributed by atoms with Gasteiger partial charge in [-0.15, -0.1) is 0 Å². The minimum absolute atomic E-state index is 0.221. The molecule has 72 valence electrons. The Labute approximate surface area is 74.3 Å². The van der Waals surface area contributed by atoms with Crippen molar-refractivity contribution in [2.24, 2.45) is 0 Å². The number of halogens is 1. The standard InChI is InChI=1S/C9H19FN2/c1-8-9(2)12(5-4-10)7-6-11(8)3/h8-9H,4-7H2,1-3H3. The summed E-state index contributed by atoms with van der Waals surface area (Å²) in [6.45, 7) is 6.82. The van der Waals surface area contributed by atoms with Crippen LogP contribution in [0.2, 0.25) is 0 Å². The molecule has 1 fully saturated rings. The van der Waals surface area contributed by atoms with Gasteiger partial charge in [-0.25, -0.2) is 4.39 Å². The minimum Gasteiger partial charge on any atom is -0.301 e. The Balaban J connectivity index is 2.46. The summed E-state index contributed by atoms with van der Waals surface area (Å²) in [6, 6.07) is 1.03. The summed E-state index contributed by atoms with van der Waals surface area (Å²) in [5, 5.41) is 0. The van der Waals surface area contributed by atoms with Gasteiger partial charge in [-0.3, -0.25) is 4.90 Å². The Kier molecular flexibility index (Phi) is 3.47. The van der Waals surface area contributed by atoms with Crippen LogP contribution < -0.4 is 0 Å². The summed E-state index contributed by atoms with van der Waals surface area (Å²) in [5.41, 5.74) is 0. The van der Waals surface area contributed by atoms with E-state index in [0.717, 1.165) is 13.1 Å². The molecular weight excluding hydrogens is 155 g/mol. The van der Waals surface area contributed by atoms with Gasteiger partial charge in [0.05, 0.1) is 0 Å². The molecule has 1 aliphatic heterocycles. The Morgan fingerprint density at radius 2 is 1.92 bits per heavy atom. The van der Waals surface area contributed by atoms with E-state index in [1.165, 1.54) is 0 Å². The molecule has 2 atom stereocenters. The number of hydrogen-bond acceptors (Lipinski definition) is 2. The molecule has 0 radical (unpaired) electrons. The fourth-order valence-corrected chi connectivity index (χ4v) is 1.79. The van der Waals surface area contributed by atoms with Crippen LogP contribution in [0.3, 0.4) is 0 Å². The molecule has 0 N–H and O–H groups in total. The molecule has 0 aliphatic carbocycles. The monoisotopic (exact) mass is 174 g/mol. The molecule has 0 spiro atoms. The fraction of sp³-hybridized carbons (Fsp3) is 1.00. The SMILES string of the molecule is CC1C(C)N(CCF)CCN1C. The molecule has 0 aromatic rings. The van der Waals surface area contributed by atoms with Gasteiger partial charge in [0.15, 0.2) is 0 Å². The number of piperazine rings is 1. The van der Waals surface area contributed by atoms with Crippen molar-refractivity contribution in [3.05, 3.63) is 0 Å². The zero-order valence-electron chi connectivity index (χ0n) is 8.26. The van der Waals surface area contributed by atoms with Gasteiger partial charge in [0.25, 0.3) is 0 Å². The molecule has 1 heterocycles. The maximum absolute atomic E-state index is 12.1. The number of likely N-dealkylation sites (N-methyl/N-ethyl adjacent to an activating group) is 1. The van der Waals surface area contributed by atoms with Gasteiger partial charge in [0, 0.05) is 31.7 Å². The van der Waals surface area contributed by atoms with Gasteiger partial charge in [-0.2, -0.15) is 0 Å². The summed E-state index contributed by atoms with van der Waals surface area (Å²) >= 11 is 0. The Morgan fingerprint density at radius 1 is 1.25 bits per heavy atom. The molecule has 0 bridgehead atoms. The Morgan fingerprint density at radius 3 is 2.50 bits per heavy atom. The average Bonchev–Trinajstić information content (AvgIpc) is 2.07. The lowest BCUT2D eigenvalue weighted by atomic mass is 10.1. The van der Waals surface area contributed by atoms with Crippen LogP contribution in [-0.4, -0.2) is 55.2 Å². The molecule has 0 aromatic carbocycles. The predicted molar refractivity (Wildman–Crippen MR) is 49.1 cm³/mol. The van der Waals surface area contributed by atoms with Crippen molar-refractivity contribution in [1.29, 1.82) is 0 Å². The molecule has 3 heteroatoms. The molecule has 0 saturated carbocycles. The fourth-order valence-electron chi connectivity index (χ4n) is 1.79. The largest absolute Gasteiger partial charge is 0.301 e. The summed E-state index contributed by atoms with van der Waals surface area (Å²) in [4.78, 5) is 4.56. The smallest absolute Gasteiger partial charge is 0.102 e. The first-order valence-electron chi connectivity index (χ1n) is 4.67. The summed E-state index contributed by atoms with van der Waals surface area (Å²) in [6.07, 6.45) is 0. The average molecular weight is 174 g/mol. The van der Waals surface area contributed by atoms with Crippen LogP contribution in [0.1, 0.15) is 13.8 Å². The highest BCUT2D eigenvalue weighted by Gasteiger charge is 2.27. The van der Waals surface area contributed by atoms with Crippen molar-refractivity contribution < 1.29 is 4.39 Å². The first-order valence-corrected chi connectivity index (χ1v) is 4.67. The third-order valence-electron chi connectivity index (χ3n) is 3.08. The number of alkyl halides is 1. The second kappa shape index (κ2) is 4.19. The minimum atomic E-state index is -0.221. The van der Waals surface area contributed by atoms with Crippen LogP contribution in [-0.2, 0) is 0 Å². The lowest BCUT2D eigenvalue weighted by molar-refractivity contribution is 0.0487. The van der Waals surface area contributed by atoms with Gasteiger partial charge < -0.3 is 4.90 Å². The number of hydrogen-bond donors (Lipinski definition) is 0. The van der Waals surface area contributed by atoms with Crippen LogP contribution in [0.5, 0.6) is 0 Å². The van der Waals surface area contributed by atoms with Crippen molar-refractivity contribution >= 4 is 0 Å². The molecular formula is C9H19FN2. The van der Waals surface area contributed by atoms with Gasteiger partial charge >= 0.3 is 0 Å². The highest BCUT2D eigenvalue weighted by Crippen LogP contribution is 2.14. The van der Waals surface area contributed by atoms with E-state index in [2.05, 4.69) is 30.7 Å². The normalized spacial score (nSPS) is 34.0. The third-order valence-corrected chi connectivity index (χ3v) is 3.08. The molecule has 1 aliphatic rings. The van der Waals surface area contributed by atoms with E-state index in [4.69, 9.17) is 0 Å². The second-order valence-electron chi connectivity index (χ2n) is 3.69. The highest BCUT2D eigenvalue weighted by molar-refractivity contribution is 4.84. The van der Waals surface area contributed by atoms with Crippen LogP contribution in [0.4, 0.5) is 4.39 Å². The van der Waals surface area contributed by atoms with Crippen LogP contribution in [0.15, 0.2) is 0 Å². The maximum Gasteiger partial charge on any atom is 0.102 e. The summed E-state index contributed by atoms with van der Waals surface area (Å²) in [7, 11) is 2.13. The molecule has 0 aromatic heterocycles. The van der Waals surface area contributed by atoms with Gasteiger partial charge in [0.2, 0.25) is 0 Å². The predicted octanol–water partition coefficient (Wildman–Crippen LogP) is 0.980. The highest BCUT2D eigenvalue weighted by atomic mass is 19.1. The third kappa shape index (κ3) is 1.96. The first kappa shape index (κ1) is 9.93. The van der Waals surface area contributed by atoms with E-state index in [9.17, 15) is 4.39 Å². The van der Waals surface area contributed by atoms with E-state index in [1.807, 2.05) is 0 Å². The van der Waals surface area contributed by atoms with Crippen molar-refractivity contribution in [2.45, 2.75) is 25.9 Å². The lowest BCUT2D eigenvalue weighted by Crippen LogP contribution is -2.56. The van der Waals surface area contributed by atoms with E-state index in [1.54, 1.807) is 0 Å². The molecule has 1 saturated heterocycles. The molecule has 12 heavy (non-hydrogen) atoms. The molecule has 2 nitrogen and oxygen atoms in total. The van der Waals surface area contributed by atoms with Gasteiger partial charge in [-0.1, -0.05) is 0 Å². The lowest BCUT2D eigenvalue weighted by Gasteiger charge is -2.43. The van der Waals surface area contributed by atoms with Crippen molar-refractivity contribution in [2.75, 3.05) is 33.4 Å². The molecule has 1 rings (SSSR count). The van der Waals surface area contributed by atoms with Crippen molar-refractivity contribution in [3.63, 3.8) is 0 Å². The number of nitrogens with zero attached hydrogens (tertiary/aromatic N) is 2. The van der Waals surface area contributed by atoms with Crippen molar-refractivity contribution in [3.8, 4) is 0 Å². The number of rotatable bonds is 2. The molecule has 0 amide bonds. The Hall–Kier alpha value is -0.150. The quantitative estimate of drug-likeness (QED) is 0.616. The zero-order chi connectivity index (χ0) is 9.14. The van der Waals surface area contributed by atoms with E-state index >= 15 is 0 Å². The van der Waals surface area contributed by atoms with Crippen LogP contribution in [0.25, 0.3) is 0 Å². The van der Waals surface area contributed by atoms with E-state index in [-0.39, 0.29) is 6.67 Å². The van der Waals surface area contributed by atoms with Crippen LogP contribution >= 0.6 is 0 Å². The van der Waals surface area contributed by atoms with E-state index in [0.29, 0.717) is 18.6 Å². The van der Waals surface area contributed by atoms with Gasteiger partial charge in [-0.05, 0) is 20.9 Å². The maximum atomic E-state index is 12.1. The van der Waals surface area contributed by atoms with E-state index < -0.39 is 0 Å². The molecule has 2 unspecified atom stereocenters. The second-order valence-corrected chi connectivity index (χ2v) is 3.69. The zero-order valence-corrected chi connectivity index (χ0v) is 8.26. The Bertz CT molecular complexity index is 140. The van der Waals surface area contributed by atoms with Crippen LogP contribution in [0, 0.1) is 0 Å². The summed E-state index contributed by atoms with van der Waals surface area (Å²) in [5.74, 6) is 0. The first-order chi connectivity index (χ1) is 5.66. The van der Waals surface area contributed by atoms with Gasteiger partial charge in [0.1, 0.15) is 6.67 Å². The van der Waals surface area contributed by atoms with Crippen molar-refractivity contribution in [1.82, 2.24) is 9.80 Å².